The summed E-state index contributed by atoms with van der Waals surface area (Å²) in [5.74, 6) is 1.13. The summed E-state index contributed by atoms with van der Waals surface area (Å²) in [6.45, 7) is 2.03. The van der Waals surface area contributed by atoms with Crippen LogP contribution in [-0.2, 0) is 0 Å². The summed E-state index contributed by atoms with van der Waals surface area (Å²) in [6, 6.07) is 1.88. The zero-order valence-electron chi connectivity index (χ0n) is 9.96. The van der Waals surface area contributed by atoms with E-state index in [1.54, 1.807) is 13.1 Å². The molecule has 0 aliphatic heterocycles. The van der Waals surface area contributed by atoms with Crippen LogP contribution in [0.5, 0.6) is 0 Å². The largest absolute Gasteiger partial charge is 0.373 e. The van der Waals surface area contributed by atoms with Crippen molar-refractivity contribution < 1.29 is 4.79 Å². The third kappa shape index (κ3) is 2.88. The molecule has 1 unspecified atom stereocenters. The van der Waals surface area contributed by atoms with Crippen LogP contribution in [0.25, 0.3) is 0 Å². The van der Waals surface area contributed by atoms with Crippen LogP contribution in [-0.4, -0.2) is 24.0 Å². The molecule has 1 amide bonds. The molecular formula is C12H16ClN3O. The Bertz CT molecular complexity index is 432. The maximum absolute atomic E-state index is 12.0. The molecule has 1 aliphatic carbocycles. The van der Waals surface area contributed by atoms with Crippen molar-refractivity contribution in [2.45, 2.75) is 25.8 Å². The summed E-state index contributed by atoms with van der Waals surface area (Å²) in [4.78, 5) is 16.1. The van der Waals surface area contributed by atoms with Crippen molar-refractivity contribution in [3.05, 3.63) is 22.8 Å². The van der Waals surface area contributed by atoms with Gasteiger partial charge in [0.15, 0.2) is 0 Å². The van der Waals surface area contributed by atoms with E-state index >= 15 is 0 Å². The third-order valence-corrected chi connectivity index (χ3v) is 3.35. The summed E-state index contributed by atoms with van der Waals surface area (Å²) in [6.07, 6.45) is 3.89. The van der Waals surface area contributed by atoms with Crippen molar-refractivity contribution in [3.8, 4) is 0 Å². The highest BCUT2D eigenvalue weighted by molar-refractivity contribution is 6.33. The Morgan fingerprint density at radius 3 is 2.88 bits per heavy atom. The molecule has 2 N–H and O–H groups in total. The molecule has 1 aliphatic rings. The Hall–Kier alpha value is -1.29. The fourth-order valence-corrected chi connectivity index (χ4v) is 1.94. The van der Waals surface area contributed by atoms with Gasteiger partial charge in [0.05, 0.1) is 10.6 Å². The van der Waals surface area contributed by atoms with E-state index in [2.05, 4.69) is 15.6 Å². The molecule has 0 bridgehead atoms. The number of rotatable bonds is 4. The van der Waals surface area contributed by atoms with E-state index in [0.717, 1.165) is 0 Å². The summed E-state index contributed by atoms with van der Waals surface area (Å²) in [5.41, 5.74) is 0.471. The smallest absolute Gasteiger partial charge is 0.253 e. The molecule has 17 heavy (non-hydrogen) atoms. The second-order valence-electron chi connectivity index (χ2n) is 4.40. The number of anilines is 1. The summed E-state index contributed by atoms with van der Waals surface area (Å²) < 4.78 is 0. The maximum Gasteiger partial charge on any atom is 0.253 e. The minimum Gasteiger partial charge on any atom is -0.373 e. The highest BCUT2D eigenvalue weighted by Gasteiger charge is 2.29. The highest BCUT2D eigenvalue weighted by atomic mass is 35.5. The van der Waals surface area contributed by atoms with E-state index in [4.69, 9.17) is 11.6 Å². The minimum atomic E-state index is -0.131. The standard InChI is InChI=1S/C12H16ClN3O/c1-7(8-3-4-8)16-12(17)9-5-11(14-2)15-6-10(9)13/h5-8H,3-4H2,1-2H3,(H,14,15)(H,16,17). The van der Waals surface area contributed by atoms with Gasteiger partial charge < -0.3 is 10.6 Å². The van der Waals surface area contributed by atoms with E-state index in [1.807, 2.05) is 6.92 Å². The zero-order chi connectivity index (χ0) is 12.4. The first-order chi connectivity index (χ1) is 8.11. The average molecular weight is 254 g/mol. The number of aromatic nitrogens is 1. The number of nitrogens with one attached hydrogen (secondary N) is 2. The molecule has 2 rings (SSSR count). The summed E-state index contributed by atoms with van der Waals surface area (Å²) in [5, 5.41) is 6.24. The van der Waals surface area contributed by atoms with Gasteiger partial charge in [0.1, 0.15) is 5.82 Å². The molecule has 1 fully saturated rings. The Kier molecular flexibility index (Phi) is 3.52. The first-order valence-corrected chi connectivity index (χ1v) is 6.13. The molecule has 4 nitrogen and oxygen atoms in total. The van der Waals surface area contributed by atoms with E-state index < -0.39 is 0 Å². The molecule has 92 valence electrons. The van der Waals surface area contributed by atoms with Crippen molar-refractivity contribution in [2.75, 3.05) is 12.4 Å². The molecule has 1 aromatic rings. The Morgan fingerprint density at radius 1 is 1.59 bits per heavy atom. The molecule has 0 radical (unpaired) electrons. The van der Waals surface area contributed by atoms with Gasteiger partial charge in [0.2, 0.25) is 0 Å². The lowest BCUT2D eigenvalue weighted by atomic mass is 10.2. The molecule has 1 heterocycles. The first-order valence-electron chi connectivity index (χ1n) is 5.76. The number of hydrogen-bond acceptors (Lipinski definition) is 3. The number of halogens is 1. The zero-order valence-corrected chi connectivity index (χ0v) is 10.7. The van der Waals surface area contributed by atoms with Gasteiger partial charge in [-0.15, -0.1) is 0 Å². The molecule has 0 spiro atoms. The maximum atomic E-state index is 12.0. The highest BCUT2D eigenvalue weighted by Crippen LogP contribution is 2.32. The fourth-order valence-electron chi connectivity index (χ4n) is 1.75. The van der Waals surface area contributed by atoms with E-state index in [9.17, 15) is 4.79 Å². The van der Waals surface area contributed by atoms with Gasteiger partial charge in [-0.2, -0.15) is 0 Å². The number of nitrogens with zero attached hydrogens (tertiary/aromatic N) is 1. The van der Waals surface area contributed by atoms with Gasteiger partial charge in [-0.05, 0) is 31.7 Å². The summed E-state index contributed by atoms with van der Waals surface area (Å²) in [7, 11) is 1.75. The number of hydrogen-bond donors (Lipinski definition) is 2. The van der Waals surface area contributed by atoms with E-state index in [1.165, 1.54) is 19.0 Å². The third-order valence-electron chi connectivity index (χ3n) is 3.04. The quantitative estimate of drug-likeness (QED) is 0.866. The van der Waals surface area contributed by atoms with Crippen molar-refractivity contribution >= 4 is 23.3 Å². The predicted molar refractivity (Wildman–Crippen MR) is 68.4 cm³/mol. The van der Waals surface area contributed by atoms with Gasteiger partial charge >= 0.3 is 0 Å². The second-order valence-corrected chi connectivity index (χ2v) is 4.81. The monoisotopic (exact) mass is 253 g/mol. The van der Waals surface area contributed by atoms with E-state index in [0.29, 0.717) is 22.3 Å². The van der Waals surface area contributed by atoms with Crippen LogP contribution in [0.2, 0.25) is 5.02 Å². The second kappa shape index (κ2) is 4.92. The number of carbonyl (C=O) groups is 1. The Morgan fingerprint density at radius 2 is 2.29 bits per heavy atom. The van der Waals surface area contributed by atoms with Crippen molar-refractivity contribution in [1.82, 2.24) is 10.3 Å². The molecule has 0 aromatic carbocycles. The Labute approximate surface area is 106 Å². The predicted octanol–water partition coefficient (Wildman–Crippen LogP) is 2.31. The fraction of sp³-hybridized carbons (Fsp3) is 0.500. The lowest BCUT2D eigenvalue weighted by molar-refractivity contribution is 0.0936. The van der Waals surface area contributed by atoms with Gasteiger partial charge in [-0.3, -0.25) is 4.79 Å². The van der Waals surface area contributed by atoms with Gasteiger partial charge in [0, 0.05) is 19.3 Å². The topological polar surface area (TPSA) is 54.0 Å². The normalized spacial score (nSPS) is 16.4. The van der Waals surface area contributed by atoms with Gasteiger partial charge in [-0.1, -0.05) is 11.6 Å². The molecule has 5 heteroatoms. The van der Waals surface area contributed by atoms with Crippen LogP contribution in [0.15, 0.2) is 12.3 Å². The van der Waals surface area contributed by atoms with Crippen molar-refractivity contribution in [1.29, 1.82) is 0 Å². The van der Waals surface area contributed by atoms with Crippen LogP contribution in [0.3, 0.4) is 0 Å². The number of carbonyl (C=O) groups excluding carboxylic acids is 1. The molecule has 1 aromatic heterocycles. The summed E-state index contributed by atoms with van der Waals surface area (Å²) >= 11 is 5.98. The van der Waals surface area contributed by atoms with Crippen LogP contribution in [0, 0.1) is 5.92 Å². The van der Waals surface area contributed by atoms with Crippen LogP contribution < -0.4 is 10.6 Å². The van der Waals surface area contributed by atoms with Crippen LogP contribution in [0.4, 0.5) is 5.82 Å². The average Bonchev–Trinajstić information content (AvgIpc) is 3.13. The Balaban J connectivity index is 2.11. The first kappa shape index (κ1) is 12.2. The van der Waals surface area contributed by atoms with Crippen molar-refractivity contribution in [2.24, 2.45) is 5.92 Å². The SMILES string of the molecule is CNc1cc(C(=O)NC(C)C2CC2)c(Cl)cn1. The van der Waals surface area contributed by atoms with Crippen molar-refractivity contribution in [3.63, 3.8) is 0 Å². The molecule has 1 atom stereocenters. The molecular weight excluding hydrogens is 238 g/mol. The van der Waals surface area contributed by atoms with E-state index in [-0.39, 0.29) is 11.9 Å². The lowest BCUT2D eigenvalue weighted by Gasteiger charge is -2.13. The van der Waals surface area contributed by atoms with Gasteiger partial charge in [0.25, 0.3) is 5.91 Å². The van der Waals surface area contributed by atoms with Crippen LogP contribution in [0.1, 0.15) is 30.1 Å². The molecule has 1 saturated carbocycles. The molecule has 0 saturated heterocycles. The lowest BCUT2D eigenvalue weighted by Crippen LogP contribution is -2.34. The van der Waals surface area contributed by atoms with Crippen LogP contribution >= 0.6 is 11.6 Å². The van der Waals surface area contributed by atoms with Gasteiger partial charge in [-0.25, -0.2) is 4.98 Å². The minimum absolute atomic E-state index is 0.131. The number of pyridine rings is 1. The number of amides is 1.